The molecule has 1 heterocycles. The van der Waals surface area contributed by atoms with Crippen molar-refractivity contribution in [2.75, 3.05) is 19.6 Å². The first kappa shape index (κ1) is 15.6. The van der Waals surface area contributed by atoms with Gasteiger partial charge in [-0.15, -0.1) is 0 Å². The van der Waals surface area contributed by atoms with Crippen LogP contribution in [-0.4, -0.2) is 30.4 Å². The minimum absolute atomic E-state index is 0.109. The average molecular weight is 284 g/mol. The number of benzene rings is 1. The summed E-state index contributed by atoms with van der Waals surface area (Å²) in [6.07, 6.45) is 3.46. The molecule has 1 fully saturated rings. The first-order valence-electron chi connectivity index (χ1n) is 7.74. The fourth-order valence-corrected chi connectivity index (χ4v) is 2.84. The molecule has 3 heteroatoms. The van der Waals surface area contributed by atoms with Gasteiger partial charge in [-0.2, -0.15) is 0 Å². The van der Waals surface area contributed by atoms with E-state index in [0.29, 0.717) is 18.0 Å². The number of carbonyl (C=O) groups is 1. The van der Waals surface area contributed by atoms with Crippen molar-refractivity contribution in [3.05, 3.63) is 34.9 Å². The van der Waals surface area contributed by atoms with E-state index in [-0.39, 0.29) is 5.91 Å². The summed E-state index contributed by atoms with van der Waals surface area (Å²) in [4.78, 5) is 14.8. The van der Waals surface area contributed by atoms with E-state index in [9.17, 15) is 4.79 Å². The number of likely N-dealkylation sites (tertiary alicyclic amines) is 1. The molecular weight excluding hydrogens is 260 g/mol. The van der Waals surface area contributed by atoms with E-state index in [2.05, 4.69) is 18.8 Å². The van der Waals surface area contributed by atoms with E-state index in [1.165, 1.54) is 6.42 Å². The summed E-state index contributed by atoms with van der Waals surface area (Å²) in [6, 6.07) is 5.85. The molecular formula is C18H24N2O. The summed E-state index contributed by atoms with van der Waals surface area (Å²) < 4.78 is 0. The van der Waals surface area contributed by atoms with Crippen molar-refractivity contribution in [3.8, 4) is 11.8 Å². The van der Waals surface area contributed by atoms with Crippen LogP contribution in [-0.2, 0) is 0 Å². The third kappa shape index (κ3) is 3.86. The zero-order valence-electron chi connectivity index (χ0n) is 13.0. The number of hydrogen-bond donors (Lipinski definition) is 1. The van der Waals surface area contributed by atoms with Crippen LogP contribution < -0.4 is 5.73 Å². The van der Waals surface area contributed by atoms with Gasteiger partial charge in [0.2, 0.25) is 0 Å². The second-order valence-electron chi connectivity index (χ2n) is 5.72. The lowest BCUT2D eigenvalue weighted by Gasteiger charge is -2.32. The Balaban J connectivity index is 2.27. The fourth-order valence-electron chi connectivity index (χ4n) is 2.84. The number of amides is 1. The summed E-state index contributed by atoms with van der Waals surface area (Å²) in [5.74, 6) is 6.61. The molecule has 21 heavy (non-hydrogen) atoms. The fraction of sp³-hybridized carbons (Fsp3) is 0.500. The average Bonchev–Trinajstić information content (AvgIpc) is 2.53. The summed E-state index contributed by atoms with van der Waals surface area (Å²) in [5.41, 5.74) is 8.03. The molecule has 1 unspecified atom stereocenters. The van der Waals surface area contributed by atoms with Crippen molar-refractivity contribution in [2.24, 2.45) is 11.7 Å². The van der Waals surface area contributed by atoms with E-state index in [1.807, 2.05) is 30.0 Å². The van der Waals surface area contributed by atoms with Gasteiger partial charge in [-0.05, 0) is 37.8 Å². The first-order valence-corrected chi connectivity index (χ1v) is 7.74. The Hall–Kier alpha value is -1.79. The predicted molar refractivity (Wildman–Crippen MR) is 86.0 cm³/mol. The van der Waals surface area contributed by atoms with Gasteiger partial charge in [0, 0.05) is 18.7 Å². The van der Waals surface area contributed by atoms with Crippen LogP contribution in [0.3, 0.4) is 0 Å². The quantitative estimate of drug-likeness (QED) is 0.848. The minimum Gasteiger partial charge on any atom is -0.338 e. The van der Waals surface area contributed by atoms with Crippen molar-refractivity contribution < 1.29 is 4.79 Å². The Morgan fingerprint density at radius 1 is 1.48 bits per heavy atom. The number of nitrogens with two attached hydrogens (primary N) is 1. The number of aryl methyl sites for hydroxylation is 1. The standard InChI is InChI=1S/C18H24N2O/c1-3-15-6-5-11-20(13-15)18(21)17-12-14(2)8-9-16(17)7-4-10-19/h8-9,12,15H,3,5-6,10-11,13,19H2,1-2H3. The molecule has 0 aliphatic carbocycles. The SMILES string of the molecule is CCC1CCCN(C(=O)c2cc(C)ccc2C#CCN)C1. The molecule has 0 radical (unpaired) electrons. The van der Waals surface area contributed by atoms with Crippen molar-refractivity contribution in [3.63, 3.8) is 0 Å². The van der Waals surface area contributed by atoms with Crippen LogP contribution in [0.4, 0.5) is 0 Å². The molecule has 1 aromatic rings. The molecule has 1 saturated heterocycles. The highest BCUT2D eigenvalue weighted by molar-refractivity contribution is 5.97. The van der Waals surface area contributed by atoms with E-state index >= 15 is 0 Å². The third-order valence-electron chi connectivity index (χ3n) is 4.11. The van der Waals surface area contributed by atoms with Crippen molar-refractivity contribution in [2.45, 2.75) is 33.1 Å². The van der Waals surface area contributed by atoms with E-state index in [0.717, 1.165) is 37.1 Å². The van der Waals surface area contributed by atoms with Crippen LogP contribution in [0, 0.1) is 24.7 Å². The zero-order chi connectivity index (χ0) is 15.2. The molecule has 1 aromatic carbocycles. The topological polar surface area (TPSA) is 46.3 Å². The largest absolute Gasteiger partial charge is 0.338 e. The normalized spacial score (nSPS) is 18.0. The van der Waals surface area contributed by atoms with Crippen LogP contribution in [0.15, 0.2) is 18.2 Å². The molecule has 1 atom stereocenters. The first-order chi connectivity index (χ1) is 10.2. The van der Waals surface area contributed by atoms with Gasteiger partial charge in [-0.25, -0.2) is 0 Å². The maximum atomic E-state index is 12.8. The smallest absolute Gasteiger partial charge is 0.255 e. The van der Waals surface area contributed by atoms with Crippen LogP contribution >= 0.6 is 0 Å². The predicted octanol–water partition coefficient (Wildman–Crippen LogP) is 2.57. The molecule has 1 aliphatic heterocycles. The minimum atomic E-state index is 0.109. The Morgan fingerprint density at radius 3 is 3.00 bits per heavy atom. The van der Waals surface area contributed by atoms with Gasteiger partial charge in [0.25, 0.3) is 5.91 Å². The lowest BCUT2D eigenvalue weighted by atomic mass is 9.94. The van der Waals surface area contributed by atoms with Crippen LogP contribution in [0.5, 0.6) is 0 Å². The second-order valence-corrected chi connectivity index (χ2v) is 5.72. The monoisotopic (exact) mass is 284 g/mol. The third-order valence-corrected chi connectivity index (χ3v) is 4.11. The summed E-state index contributed by atoms with van der Waals surface area (Å²) >= 11 is 0. The Bertz CT molecular complexity index is 568. The number of carbonyl (C=O) groups excluding carboxylic acids is 1. The molecule has 2 N–H and O–H groups in total. The molecule has 0 spiro atoms. The maximum absolute atomic E-state index is 12.8. The van der Waals surface area contributed by atoms with Crippen molar-refractivity contribution >= 4 is 5.91 Å². The van der Waals surface area contributed by atoms with Gasteiger partial charge in [-0.1, -0.05) is 36.8 Å². The molecule has 1 aliphatic rings. The molecule has 112 valence electrons. The Morgan fingerprint density at radius 2 is 2.29 bits per heavy atom. The van der Waals surface area contributed by atoms with E-state index in [4.69, 9.17) is 5.73 Å². The maximum Gasteiger partial charge on any atom is 0.255 e. The molecule has 1 amide bonds. The lowest BCUT2D eigenvalue weighted by molar-refractivity contribution is 0.0671. The Kier molecular flexibility index (Phi) is 5.41. The van der Waals surface area contributed by atoms with Gasteiger partial charge >= 0.3 is 0 Å². The lowest BCUT2D eigenvalue weighted by Crippen LogP contribution is -2.40. The molecule has 0 bridgehead atoms. The number of piperidine rings is 1. The summed E-state index contributed by atoms with van der Waals surface area (Å²) in [5, 5.41) is 0. The van der Waals surface area contributed by atoms with Crippen LogP contribution in [0.25, 0.3) is 0 Å². The van der Waals surface area contributed by atoms with E-state index in [1.54, 1.807) is 0 Å². The number of hydrogen-bond acceptors (Lipinski definition) is 2. The molecule has 0 saturated carbocycles. The van der Waals surface area contributed by atoms with Gasteiger partial charge < -0.3 is 10.6 Å². The Labute approximate surface area is 127 Å². The molecule has 2 rings (SSSR count). The van der Waals surface area contributed by atoms with Gasteiger partial charge in [0.05, 0.1) is 12.1 Å². The molecule has 0 aromatic heterocycles. The van der Waals surface area contributed by atoms with Crippen molar-refractivity contribution in [1.29, 1.82) is 0 Å². The highest BCUT2D eigenvalue weighted by Gasteiger charge is 2.24. The van der Waals surface area contributed by atoms with Crippen LogP contribution in [0.2, 0.25) is 0 Å². The highest BCUT2D eigenvalue weighted by atomic mass is 16.2. The van der Waals surface area contributed by atoms with E-state index < -0.39 is 0 Å². The van der Waals surface area contributed by atoms with Crippen molar-refractivity contribution in [1.82, 2.24) is 4.90 Å². The van der Waals surface area contributed by atoms with Gasteiger partial charge in [0.1, 0.15) is 0 Å². The van der Waals surface area contributed by atoms with Gasteiger partial charge in [-0.3, -0.25) is 4.79 Å². The number of rotatable bonds is 2. The van der Waals surface area contributed by atoms with Crippen LogP contribution in [0.1, 0.15) is 47.7 Å². The summed E-state index contributed by atoms with van der Waals surface area (Å²) in [7, 11) is 0. The zero-order valence-corrected chi connectivity index (χ0v) is 13.0. The highest BCUT2D eigenvalue weighted by Crippen LogP contribution is 2.22. The summed E-state index contributed by atoms with van der Waals surface area (Å²) in [6.45, 7) is 6.23. The second kappa shape index (κ2) is 7.28. The number of nitrogens with zero attached hydrogens (tertiary/aromatic N) is 1. The molecule has 3 nitrogen and oxygen atoms in total. The van der Waals surface area contributed by atoms with Gasteiger partial charge in [0.15, 0.2) is 0 Å².